The van der Waals surface area contributed by atoms with Gasteiger partial charge in [0.2, 0.25) is 0 Å². The SMILES string of the molecule is COc1ccccc1-n1cc(CN2CCC[C@@H]2c2cc(C(C)C)on2)cn1. The second kappa shape index (κ2) is 7.56. The molecule has 1 fully saturated rings. The van der Waals surface area contributed by atoms with Crippen molar-refractivity contribution in [2.24, 2.45) is 0 Å². The number of nitrogens with zero attached hydrogens (tertiary/aromatic N) is 4. The maximum Gasteiger partial charge on any atom is 0.144 e. The summed E-state index contributed by atoms with van der Waals surface area (Å²) in [5.74, 6) is 2.14. The molecule has 1 aromatic carbocycles. The first-order valence-corrected chi connectivity index (χ1v) is 9.53. The van der Waals surface area contributed by atoms with Crippen molar-refractivity contribution in [3.63, 3.8) is 0 Å². The van der Waals surface area contributed by atoms with Crippen molar-refractivity contribution in [3.05, 3.63) is 59.7 Å². The highest BCUT2D eigenvalue weighted by molar-refractivity contribution is 5.46. The summed E-state index contributed by atoms with van der Waals surface area (Å²) in [5.41, 5.74) is 3.18. The molecule has 6 nitrogen and oxygen atoms in total. The summed E-state index contributed by atoms with van der Waals surface area (Å²) in [6.45, 7) is 6.17. The summed E-state index contributed by atoms with van der Waals surface area (Å²) in [6.07, 6.45) is 6.31. The van der Waals surface area contributed by atoms with Crippen LogP contribution in [0.4, 0.5) is 0 Å². The average Bonchev–Trinajstić information content (AvgIpc) is 3.42. The monoisotopic (exact) mass is 366 g/mol. The predicted octanol–water partition coefficient (Wildman–Crippen LogP) is 4.33. The number of ether oxygens (including phenoxy) is 1. The number of para-hydroxylation sites is 2. The van der Waals surface area contributed by atoms with Crippen molar-refractivity contribution in [1.82, 2.24) is 19.8 Å². The number of hydrogen-bond acceptors (Lipinski definition) is 5. The molecule has 0 spiro atoms. The Balaban J connectivity index is 1.51. The fourth-order valence-electron chi connectivity index (χ4n) is 3.71. The lowest BCUT2D eigenvalue weighted by atomic mass is 10.1. The van der Waals surface area contributed by atoms with Gasteiger partial charge in [0, 0.05) is 30.3 Å². The van der Waals surface area contributed by atoms with Crippen LogP contribution in [-0.2, 0) is 6.54 Å². The number of aromatic nitrogens is 3. The van der Waals surface area contributed by atoms with E-state index in [0.717, 1.165) is 42.4 Å². The Kier molecular flexibility index (Phi) is 4.99. The third-order valence-corrected chi connectivity index (χ3v) is 5.17. The molecular weight excluding hydrogens is 340 g/mol. The van der Waals surface area contributed by atoms with Crippen molar-refractivity contribution < 1.29 is 9.26 Å². The van der Waals surface area contributed by atoms with Crippen LogP contribution in [0.5, 0.6) is 5.75 Å². The van der Waals surface area contributed by atoms with E-state index in [1.165, 1.54) is 12.0 Å². The van der Waals surface area contributed by atoms with Gasteiger partial charge in [-0.25, -0.2) is 4.68 Å². The summed E-state index contributed by atoms with van der Waals surface area (Å²) in [5, 5.41) is 8.87. The zero-order valence-electron chi connectivity index (χ0n) is 16.1. The highest BCUT2D eigenvalue weighted by atomic mass is 16.5. The van der Waals surface area contributed by atoms with Gasteiger partial charge in [0.15, 0.2) is 0 Å². The minimum atomic E-state index is 0.316. The highest BCUT2D eigenvalue weighted by Crippen LogP contribution is 2.34. The smallest absolute Gasteiger partial charge is 0.144 e. The van der Waals surface area contributed by atoms with Gasteiger partial charge in [-0.15, -0.1) is 0 Å². The summed E-state index contributed by atoms with van der Waals surface area (Å²) in [4.78, 5) is 2.46. The molecule has 1 saturated heterocycles. The molecular formula is C21H26N4O2. The first kappa shape index (κ1) is 17.8. The molecule has 1 aliphatic heterocycles. The molecule has 0 saturated carbocycles. The van der Waals surface area contributed by atoms with E-state index in [0.29, 0.717) is 12.0 Å². The van der Waals surface area contributed by atoms with Crippen LogP contribution in [0.3, 0.4) is 0 Å². The maximum absolute atomic E-state index is 5.52. The lowest BCUT2D eigenvalue weighted by molar-refractivity contribution is 0.236. The van der Waals surface area contributed by atoms with Gasteiger partial charge in [-0.05, 0) is 31.5 Å². The van der Waals surface area contributed by atoms with Crippen LogP contribution >= 0.6 is 0 Å². The molecule has 4 rings (SSSR count). The minimum absolute atomic E-state index is 0.316. The topological polar surface area (TPSA) is 56.3 Å². The van der Waals surface area contributed by atoms with Gasteiger partial charge >= 0.3 is 0 Å². The van der Waals surface area contributed by atoms with E-state index in [4.69, 9.17) is 9.26 Å². The predicted molar refractivity (Wildman–Crippen MR) is 103 cm³/mol. The molecule has 0 N–H and O–H groups in total. The van der Waals surface area contributed by atoms with Crippen LogP contribution in [0.15, 0.2) is 47.2 Å². The van der Waals surface area contributed by atoms with Gasteiger partial charge in [0.05, 0.1) is 19.3 Å². The van der Waals surface area contributed by atoms with Crippen LogP contribution in [0.1, 0.15) is 55.7 Å². The summed E-state index contributed by atoms with van der Waals surface area (Å²) in [6, 6.07) is 10.3. The van der Waals surface area contributed by atoms with Crippen LogP contribution in [0, 0.1) is 0 Å². The van der Waals surface area contributed by atoms with E-state index < -0.39 is 0 Å². The van der Waals surface area contributed by atoms with Gasteiger partial charge in [-0.3, -0.25) is 4.90 Å². The Morgan fingerprint density at radius 3 is 2.93 bits per heavy atom. The molecule has 1 atom stereocenters. The standard InChI is InChI=1S/C21H26N4O2/c1-15(2)21-11-17(23-27-21)18-8-6-10-24(18)13-16-12-22-25(14-16)19-7-4-5-9-20(19)26-3/h4-5,7,9,11-12,14-15,18H,6,8,10,13H2,1-3H3/t18-/m1/s1. The summed E-state index contributed by atoms with van der Waals surface area (Å²) < 4.78 is 12.8. The average molecular weight is 366 g/mol. The maximum atomic E-state index is 5.52. The van der Waals surface area contributed by atoms with Crippen molar-refractivity contribution in [2.75, 3.05) is 13.7 Å². The Hall–Kier alpha value is -2.60. The van der Waals surface area contributed by atoms with Crippen molar-refractivity contribution in [1.29, 1.82) is 0 Å². The van der Waals surface area contributed by atoms with E-state index >= 15 is 0 Å². The van der Waals surface area contributed by atoms with E-state index in [2.05, 4.69) is 41.3 Å². The Labute approximate surface area is 159 Å². The van der Waals surface area contributed by atoms with Crippen molar-refractivity contribution >= 4 is 0 Å². The van der Waals surface area contributed by atoms with Gasteiger partial charge < -0.3 is 9.26 Å². The zero-order valence-corrected chi connectivity index (χ0v) is 16.1. The zero-order chi connectivity index (χ0) is 18.8. The molecule has 6 heteroatoms. The normalized spacial score (nSPS) is 17.7. The molecule has 3 heterocycles. The lowest BCUT2D eigenvalue weighted by Crippen LogP contribution is -2.22. The van der Waals surface area contributed by atoms with Crippen LogP contribution in [-0.4, -0.2) is 33.5 Å². The van der Waals surface area contributed by atoms with Gasteiger partial charge in [0.1, 0.15) is 22.9 Å². The van der Waals surface area contributed by atoms with Gasteiger partial charge in [-0.2, -0.15) is 5.10 Å². The van der Waals surface area contributed by atoms with Crippen molar-refractivity contribution in [2.45, 2.75) is 45.2 Å². The molecule has 142 valence electrons. The van der Waals surface area contributed by atoms with Crippen LogP contribution < -0.4 is 4.74 Å². The second-order valence-corrected chi connectivity index (χ2v) is 7.40. The summed E-state index contributed by atoms with van der Waals surface area (Å²) in [7, 11) is 1.68. The Bertz CT molecular complexity index is 899. The molecule has 0 radical (unpaired) electrons. The Morgan fingerprint density at radius 2 is 2.15 bits per heavy atom. The van der Waals surface area contributed by atoms with Crippen LogP contribution in [0.25, 0.3) is 5.69 Å². The molecule has 1 aliphatic rings. The molecule has 27 heavy (non-hydrogen) atoms. The first-order chi connectivity index (χ1) is 13.2. The third kappa shape index (κ3) is 3.62. The number of rotatable bonds is 6. The molecule has 0 amide bonds. The summed E-state index contributed by atoms with van der Waals surface area (Å²) >= 11 is 0. The number of methoxy groups -OCH3 is 1. The van der Waals surface area contributed by atoms with Crippen LogP contribution in [0.2, 0.25) is 0 Å². The fourth-order valence-corrected chi connectivity index (χ4v) is 3.71. The number of likely N-dealkylation sites (tertiary alicyclic amines) is 1. The first-order valence-electron chi connectivity index (χ1n) is 9.53. The third-order valence-electron chi connectivity index (χ3n) is 5.17. The van der Waals surface area contributed by atoms with E-state index in [1.807, 2.05) is 35.1 Å². The molecule has 0 aliphatic carbocycles. The largest absolute Gasteiger partial charge is 0.494 e. The quantitative estimate of drug-likeness (QED) is 0.650. The molecule has 3 aromatic rings. The second-order valence-electron chi connectivity index (χ2n) is 7.40. The number of benzene rings is 1. The fraction of sp³-hybridized carbons (Fsp3) is 0.429. The Morgan fingerprint density at radius 1 is 1.30 bits per heavy atom. The van der Waals surface area contributed by atoms with E-state index in [9.17, 15) is 0 Å². The van der Waals surface area contributed by atoms with Gasteiger partial charge in [0.25, 0.3) is 0 Å². The van der Waals surface area contributed by atoms with Gasteiger partial charge in [-0.1, -0.05) is 31.1 Å². The van der Waals surface area contributed by atoms with E-state index in [1.54, 1.807) is 7.11 Å². The highest BCUT2D eigenvalue weighted by Gasteiger charge is 2.29. The molecule has 0 unspecified atom stereocenters. The van der Waals surface area contributed by atoms with E-state index in [-0.39, 0.29) is 0 Å². The molecule has 2 aromatic heterocycles. The molecule has 0 bridgehead atoms. The van der Waals surface area contributed by atoms with Crippen molar-refractivity contribution in [3.8, 4) is 11.4 Å². The lowest BCUT2D eigenvalue weighted by Gasteiger charge is -2.21. The number of hydrogen-bond donors (Lipinski definition) is 0. The minimum Gasteiger partial charge on any atom is -0.494 e.